The van der Waals surface area contributed by atoms with Gasteiger partial charge in [-0.2, -0.15) is 0 Å². The van der Waals surface area contributed by atoms with Gasteiger partial charge in [0.1, 0.15) is 0 Å². The molecule has 98 valence electrons. The van der Waals surface area contributed by atoms with Crippen molar-refractivity contribution in [3.63, 3.8) is 0 Å². The third-order valence-electron chi connectivity index (χ3n) is 3.62. The minimum atomic E-state index is 0.830. The van der Waals surface area contributed by atoms with Crippen LogP contribution in [0.25, 0.3) is 0 Å². The zero-order valence-electron chi connectivity index (χ0n) is 11.8. The molecular formula is C14H32N2. The summed E-state index contributed by atoms with van der Waals surface area (Å²) in [4.78, 5) is 2.48. The van der Waals surface area contributed by atoms with Crippen LogP contribution in [0.1, 0.15) is 52.9 Å². The summed E-state index contributed by atoms with van der Waals surface area (Å²) in [6, 6.07) is 0. The minimum Gasteiger partial charge on any atom is -0.330 e. The van der Waals surface area contributed by atoms with E-state index in [1.165, 1.54) is 45.2 Å². The van der Waals surface area contributed by atoms with Gasteiger partial charge in [-0.05, 0) is 51.2 Å². The topological polar surface area (TPSA) is 29.3 Å². The van der Waals surface area contributed by atoms with Crippen LogP contribution in [0.5, 0.6) is 0 Å². The maximum absolute atomic E-state index is 5.61. The highest BCUT2D eigenvalue weighted by Crippen LogP contribution is 2.15. The van der Waals surface area contributed by atoms with Gasteiger partial charge in [-0.3, -0.25) is 0 Å². The highest BCUT2D eigenvalue weighted by molar-refractivity contribution is 4.62. The van der Waals surface area contributed by atoms with Crippen LogP contribution >= 0.6 is 0 Å². The molecule has 2 unspecified atom stereocenters. The van der Waals surface area contributed by atoms with Gasteiger partial charge in [-0.25, -0.2) is 0 Å². The first-order valence-electron chi connectivity index (χ1n) is 7.02. The zero-order valence-corrected chi connectivity index (χ0v) is 11.8. The summed E-state index contributed by atoms with van der Waals surface area (Å²) in [5, 5.41) is 0. The van der Waals surface area contributed by atoms with Crippen molar-refractivity contribution in [2.24, 2.45) is 17.6 Å². The van der Waals surface area contributed by atoms with Gasteiger partial charge in [-0.1, -0.05) is 33.6 Å². The molecule has 0 aromatic rings. The number of hydrogen-bond acceptors (Lipinski definition) is 2. The smallest absolute Gasteiger partial charge is 0.000387 e. The van der Waals surface area contributed by atoms with Gasteiger partial charge >= 0.3 is 0 Å². The van der Waals surface area contributed by atoms with Crippen molar-refractivity contribution in [2.75, 3.05) is 26.7 Å². The molecule has 0 aliphatic heterocycles. The molecule has 0 amide bonds. The molecular weight excluding hydrogens is 196 g/mol. The molecule has 0 aliphatic carbocycles. The molecule has 0 aromatic heterocycles. The maximum Gasteiger partial charge on any atom is 0.000387 e. The van der Waals surface area contributed by atoms with Gasteiger partial charge in [-0.15, -0.1) is 0 Å². The Balaban J connectivity index is 3.55. The number of rotatable bonds is 10. The molecule has 0 bridgehead atoms. The molecule has 0 aliphatic rings. The van der Waals surface area contributed by atoms with Crippen LogP contribution < -0.4 is 5.73 Å². The molecule has 0 saturated carbocycles. The molecule has 0 heterocycles. The Morgan fingerprint density at radius 1 is 1.12 bits per heavy atom. The average Bonchev–Trinajstić information content (AvgIpc) is 2.27. The third kappa shape index (κ3) is 8.12. The quantitative estimate of drug-likeness (QED) is 0.622. The average molecular weight is 228 g/mol. The summed E-state index contributed by atoms with van der Waals surface area (Å²) in [6.07, 6.45) is 6.44. The van der Waals surface area contributed by atoms with Crippen molar-refractivity contribution >= 4 is 0 Å². The highest BCUT2D eigenvalue weighted by Gasteiger charge is 2.07. The number of hydrogen-bond donors (Lipinski definition) is 1. The second-order valence-corrected chi connectivity index (χ2v) is 5.27. The Morgan fingerprint density at radius 2 is 1.81 bits per heavy atom. The fraction of sp³-hybridized carbons (Fsp3) is 1.00. The lowest BCUT2D eigenvalue weighted by molar-refractivity contribution is 0.267. The van der Waals surface area contributed by atoms with E-state index in [0.29, 0.717) is 0 Å². The Hall–Kier alpha value is -0.0800. The first-order chi connectivity index (χ1) is 7.63. The maximum atomic E-state index is 5.61. The van der Waals surface area contributed by atoms with Gasteiger partial charge in [0.25, 0.3) is 0 Å². The van der Waals surface area contributed by atoms with Crippen molar-refractivity contribution in [1.29, 1.82) is 0 Å². The summed E-state index contributed by atoms with van der Waals surface area (Å²) in [7, 11) is 2.25. The molecule has 2 atom stereocenters. The van der Waals surface area contributed by atoms with E-state index in [-0.39, 0.29) is 0 Å². The molecule has 2 heteroatoms. The van der Waals surface area contributed by atoms with E-state index in [2.05, 4.69) is 32.7 Å². The SMILES string of the molecule is CCC(C)CN(C)CCCC(CC)CCN. The normalized spacial score (nSPS) is 15.4. The fourth-order valence-corrected chi connectivity index (χ4v) is 2.19. The number of nitrogens with two attached hydrogens (primary N) is 1. The van der Waals surface area contributed by atoms with Crippen LogP contribution in [0.3, 0.4) is 0 Å². The van der Waals surface area contributed by atoms with Crippen LogP contribution in [0.15, 0.2) is 0 Å². The third-order valence-corrected chi connectivity index (χ3v) is 3.62. The van der Waals surface area contributed by atoms with Gasteiger partial charge in [0.2, 0.25) is 0 Å². The fourth-order valence-electron chi connectivity index (χ4n) is 2.19. The van der Waals surface area contributed by atoms with E-state index < -0.39 is 0 Å². The van der Waals surface area contributed by atoms with Crippen molar-refractivity contribution < 1.29 is 0 Å². The summed E-state index contributed by atoms with van der Waals surface area (Å²) < 4.78 is 0. The molecule has 16 heavy (non-hydrogen) atoms. The molecule has 0 fully saturated rings. The zero-order chi connectivity index (χ0) is 12.4. The Kier molecular flexibility index (Phi) is 10.0. The van der Waals surface area contributed by atoms with Gasteiger partial charge in [0, 0.05) is 6.54 Å². The van der Waals surface area contributed by atoms with E-state index in [0.717, 1.165) is 18.4 Å². The van der Waals surface area contributed by atoms with E-state index in [1.54, 1.807) is 0 Å². The molecule has 0 spiro atoms. The van der Waals surface area contributed by atoms with Gasteiger partial charge < -0.3 is 10.6 Å². The van der Waals surface area contributed by atoms with Crippen molar-refractivity contribution in [3.8, 4) is 0 Å². The van der Waals surface area contributed by atoms with Crippen LogP contribution in [-0.4, -0.2) is 31.6 Å². The van der Waals surface area contributed by atoms with E-state index >= 15 is 0 Å². The summed E-state index contributed by atoms with van der Waals surface area (Å²) in [5.41, 5.74) is 5.61. The summed E-state index contributed by atoms with van der Waals surface area (Å²) in [5.74, 6) is 1.68. The molecule has 0 radical (unpaired) electrons. The molecule has 0 aromatic carbocycles. The van der Waals surface area contributed by atoms with E-state index in [4.69, 9.17) is 5.73 Å². The second kappa shape index (κ2) is 10.1. The summed E-state index contributed by atoms with van der Waals surface area (Å²) in [6.45, 7) is 10.2. The van der Waals surface area contributed by atoms with Gasteiger partial charge in [0.15, 0.2) is 0 Å². The Morgan fingerprint density at radius 3 is 2.31 bits per heavy atom. The lowest BCUT2D eigenvalue weighted by atomic mass is 9.96. The lowest BCUT2D eigenvalue weighted by Crippen LogP contribution is -2.25. The van der Waals surface area contributed by atoms with Gasteiger partial charge in [0.05, 0.1) is 0 Å². The number of nitrogens with zero attached hydrogens (tertiary/aromatic N) is 1. The first-order valence-corrected chi connectivity index (χ1v) is 7.02. The standard InChI is InChI=1S/C14H32N2/c1-5-13(3)12-16(4)11-7-8-14(6-2)9-10-15/h13-14H,5-12,15H2,1-4H3. The molecule has 2 nitrogen and oxygen atoms in total. The van der Waals surface area contributed by atoms with E-state index in [1.807, 2.05) is 0 Å². The second-order valence-electron chi connectivity index (χ2n) is 5.27. The van der Waals surface area contributed by atoms with Crippen molar-refractivity contribution in [2.45, 2.75) is 52.9 Å². The van der Waals surface area contributed by atoms with Crippen LogP contribution in [0.2, 0.25) is 0 Å². The Labute approximate surface area is 103 Å². The van der Waals surface area contributed by atoms with Crippen LogP contribution in [0.4, 0.5) is 0 Å². The minimum absolute atomic E-state index is 0.830. The monoisotopic (exact) mass is 228 g/mol. The van der Waals surface area contributed by atoms with Crippen molar-refractivity contribution in [3.05, 3.63) is 0 Å². The predicted molar refractivity (Wildman–Crippen MR) is 73.6 cm³/mol. The van der Waals surface area contributed by atoms with Crippen LogP contribution in [-0.2, 0) is 0 Å². The van der Waals surface area contributed by atoms with Crippen molar-refractivity contribution in [1.82, 2.24) is 4.90 Å². The highest BCUT2D eigenvalue weighted by atomic mass is 15.1. The lowest BCUT2D eigenvalue weighted by Gasteiger charge is -2.21. The Bertz CT molecular complexity index is 148. The largest absolute Gasteiger partial charge is 0.330 e. The first kappa shape index (κ1) is 15.9. The molecule has 0 rings (SSSR count). The predicted octanol–water partition coefficient (Wildman–Crippen LogP) is 3.12. The van der Waals surface area contributed by atoms with Crippen LogP contribution in [0, 0.1) is 11.8 Å². The van der Waals surface area contributed by atoms with E-state index in [9.17, 15) is 0 Å². The molecule has 0 saturated heterocycles. The summed E-state index contributed by atoms with van der Waals surface area (Å²) >= 11 is 0. The molecule has 2 N–H and O–H groups in total.